The average molecular weight is 313 g/mol. The van der Waals surface area contributed by atoms with Gasteiger partial charge in [-0.05, 0) is 18.6 Å². The molecule has 0 saturated heterocycles. The topological polar surface area (TPSA) is 95.5 Å². The fourth-order valence-corrected chi connectivity index (χ4v) is 1.91. The Morgan fingerprint density at radius 2 is 1.95 bits per heavy atom. The second kappa shape index (κ2) is 8.26. The molecule has 0 aliphatic rings. The molecule has 1 aromatic rings. The predicted molar refractivity (Wildman–Crippen MR) is 78.3 cm³/mol. The summed E-state index contributed by atoms with van der Waals surface area (Å²) in [4.78, 5) is 34.1. The Hall–Kier alpha value is -2.08. The molecule has 3 N–H and O–H groups in total. The molecule has 0 aromatic heterocycles. The monoisotopic (exact) mass is 312 g/mol. The third-order valence-corrected chi connectivity index (χ3v) is 3.14. The number of halogens is 1. The molecule has 0 aliphatic carbocycles. The van der Waals surface area contributed by atoms with Crippen molar-refractivity contribution in [3.05, 3.63) is 34.9 Å². The molecule has 2 amide bonds. The minimum Gasteiger partial charge on any atom is -0.481 e. The van der Waals surface area contributed by atoms with Gasteiger partial charge in [-0.25, -0.2) is 0 Å². The molecule has 0 heterocycles. The number of hydrogen-bond donors (Lipinski definition) is 3. The van der Waals surface area contributed by atoms with Gasteiger partial charge in [0.05, 0.1) is 23.6 Å². The van der Waals surface area contributed by atoms with Crippen LogP contribution in [0.1, 0.15) is 30.1 Å². The molecule has 1 atom stereocenters. The van der Waals surface area contributed by atoms with Gasteiger partial charge in [-0.1, -0.05) is 30.7 Å². The van der Waals surface area contributed by atoms with Crippen LogP contribution >= 0.6 is 11.6 Å². The van der Waals surface area contributed by atoms with E-state index in [-0.39, 0.29) is 18.5 Å². The zero-order valence-electron chi connectivity index (χ0n) is 11.6. The number of carboxylic acids is 1. The van der Waals surface area contributed by atoms with Crippen LogP contribution in [0.3, 0.4) is 0 Å². The molecule has 7 heteroatoms. The Bertz CT molecular complexity index is 533. The van der Waals surface area contributed by atoms with Gasteiger partial charge in [-0.15, -0.1) is 0 Å². The van der Waals surface area contributed by atoms with Crippen molar-refractivity contribution in [3.63, 3.8) is 0 Å². The first-order valence-electron chi connectivity index (χ1n) is 6.48. The maximum Gasteiger partial charge on any atom is 0.305 e. The van der Waals surface area contributed by atoms with E-state index in [1.165, 1.54) is 0 Å². The lowest BCUT2D eigenvalue weighted by molar-refractivity contribution is -0.137. The summed E-state index contributed by atoms with van der Waals surface area (Å²) in [7, 11) is 0. The average Bonchev–Trinajstić information content (AvgIpc) is 2.44. The Morgan fingerprint density at radius 3 is 2.52 bits per heavy atom. The van der Waals surface area contributed by atoms with Crippen molar-refractivity contribution in [2.45, 2.75) is 25.8 Å². The van der Waals surface area contributed by atoms with E-state index in [1.54, 1.807) is 31.2 Å². The minimum absolute atomic E-state index is 0.152. The molecule has 0 spiro atoms. The molecule has 21 heavy (non-hydrogen) atoms. The molecule has 1 rings (SSSR count). The van der Waals surface area contributed by atoms with Gasteiger partial charge in [-0.2, -0.15) is 0 Å². The van der Waals surface area contributed by atoms with Crippen molar-refractivity contribution in [2.24, 2.45) is 0 Å². The molecule has 0 saturated carbocycles. The van der Waals surface area contributed by atoms with Crippen LogP contribution in [0.25, 0.3) is 0 Å². The van der Waals surface area contributed by atoms with Crippen LogP contribution < -0.4 is 10.6 Å². The van der Waals surface area contributed by atoms with Gasteiger partial charge in [0.1, 0.15) is 0 Å². The number of carbonyl (C=O) groups is 3. The van der Waals surface area contributed by atoms with Gasteiger partial charge >= 0.3 is 5.97 Å². The smallest absolute Gasteiger partial charge is 0.305 e. The summed E-state index contributed by atoms with van der Waals surface area (Å²) in [5.74, 6) is -1.88. The molecule has 0 bridgehead atoms. The summed E-state index contributed by atoms with van der Waals surface area (Å²) in [6.45, 7) is 1.54. The minimum atomic E-state index is -0.984. The van der Waals surface area contributed by atoms with Gasteiger partial charge in [0, 0.05) is 6.04 Å². The first-order chi connectivity index (χ1) is 9.93. The zero-order chi connectivity index (χ0) is 15.8. The van der Waals surface area contributed by atoms with E-state index < -0.39 is 23.8 Å². The highest BCUT2D eigenvalue weighted by Gasteiger charge is 2.15. The van der Waals surface area contributed by atoms with Crippen LogP contribution in [-0.2, 0) is 9.59 Å². The van der Waals surface area contributed by atoms with E-state index in [2.05, 4.69) is 10.6 Å². The fourth-order valence-electron chi connectivity index (χ4n) is 1.69. The lowest BCUT2D eigenvalue weighted by Crippen LogP contribution is -2.42. The molecule has 0 fully saturated rings. The maximum atomic E-state index is 11.8. The van der Waals surface area contributed by atoms with Crippen LogP contribution in [-0.4, -0.2) is 35.5 Å². The number of benzene rings is 1. The molecular formula is C14H17ClN2O4. The van der Waals surface area contributed by atoms with Gasteiger partial charge in [0.25, 0.3) is 5.91 Å². The number of carbonyl (C=O) groups excluding carboxylic acids is 2. The van der Waals surface area contributed by atoms with Crippen LogP contribution in [0.2, 0.25) is 5.02 Å². The number of aliphatic carboxylic acids is 1. The van der Waals surface area contributed by atoms with Crippen molar-refractivity contribution in [1.82, 2.24) is 10.6 Å². The quantitative estimate of drug-likeness (QED) is 0.710. The third kappa shape index (κ3) is 5.83. The van der Waals surface area contributed by atoms with E-state index in [0.717, 1.165) is 0 Å². The van der Waals surface area contributed by atoms with Crippen molar-refractivity contribution >= 4 is 29.4 Å². The molecule has 0 aliphatic heterocycles. The predicted octanol–water partition coefficient (Wildman–Crippen LogP) is 1.44. The van der Waals surface area contributed by atoms with E-state index in [4.69, 9.17) is 16.7 Å². The molecule has 1 aromatic carbocycles. The number of amides is 2. The molecule has 114 valence electrons. The van der Waals surface area contributed by atoms with Crippen molar-refractivity contribution in [2.75, 3.05) is 6.54 Å². The van der Waals surface area contributed by atoms with Gasteiger partial charge in [-0.3, -0.25) is 14.4 Å². The molecule has 0 radical (unpaired) electrons. The van der Waals surface area contributed by atoms with E-state index in [0.29, 0.717) is 11.4 Å². The summed E-state index contributed by atoms with van der Waals surface area (Å²) in [6, 6.07) is 6.04. The summed E-state index contributed by atoms with van der Waals surface area (Å²) < 4.78 is 0. The van der Waals surface area contributed by atoms with Crippen molar-refractivity contribution < 1.29 is 19.5 Å². The number of carboxylic acid groups (broad SMARTS) is 1. The van der Waals surface area contributed by atoms with Gasteiger partial charge in [0.15, 0.2) is 0 Å². The first-order valence-corrected chi connectivity index (χ1v) is 6.85. The van der Waals surface area contributed by atoms with Gasteiger partial charge in [0.2, 0.25) is 5.91 Å². The highest BCUT2D eigenvalue weighted by atomic mass is 35.5. The number of nitrogens with one attached hydrogen (secondary N) is 2. The van der Waals surface area contributed by atoms with Gasteiger partial charge < -0.3 is 15.7 Å². The number of hydrogen-bond acceptors (Lipinski definition) is 3. The normalized spacial score (nSPS) is 11.5. The number of rotatable bonds is 7. The van der Waals surface area contributed by atoms with Crippen molar-refractivity contribution in [1.29, 1.82) is 0 Å². The molecule has 6 nitrogen and oxygen atoms in total. The van der Waals surface area contributed by atoms with Crippen LogP contribution in [0.5, 0.6) is 0 Å². The Balaban J connectivity index is 2.47. The Kier molecular flexibility index (Phi) is 6.68. The van der Waals surface area contributed by atoms with E-state index >= 15 is 0 Å². The molecule has 1 unspecified atom stereocenters. The van der Waals surface area contributed by atoms with Crippen LogP contribution in [0.4, 0.5) is 0 Å². The lowest BCUT2D eigenvalue weighted by atomic mass is 10.1. The second-order valence-corrected chi connectivity index (χ2v) is 4.84. The highest BCUT2D eigenvalue weighted by molar-refractivity contribution is 6.33. The second-order valence-electron chi connectivity index (χ2n) is 4.43. The van der Waals surface area contributed by atoms with E-state index in [1.807, 2.05) is 0 Å². The third-order valence-electron chi connectivity index (χ3n) is 2.81. The summed E-state index contributed by atoms with van der Waals surface area (Å²) >= 11 is 5.87. The summed E-state index contributed by atoms with van der Waals surface area (Å²) in [5, 5.41) is 14.0. The Labute approximate surface area is 127 Å². The lowest BCUT2D eigenvalue weighted by Gasteiger charge is -2.15. The van der Waals surface area contributed by atoms with Crippen LogP contribution in [0.15, 0.2) is 24.3 Å². The van der Waals surface area contributed by atoms with Crippen LogP contribution in [0, 0.1) is 0 Å². The molecular weight excluding hydrogens is 296 g/mol. The standard InChI is InChI=1S/C14H17ClN2O4/c1-2-9(7-13(19)20)17-12(18)8-16-14(21)10-5-3-4-6-11(10)15/h3-6,9H,2,7-8H2,1H3,(H,16,21)(H,17,18)(H,19,20). The van der Waals surface area contributed by atoms with E-state index in [9.17, 15) is 14.4 Å². The Morgan fingerprint density at radius 1 is 1.29 bits per heavy atom. The summed E-state index contributed by atoms with van der Waals surface area (Å²) in [5.41, 5.74) is 0.282. The summed E-state index contributed by atoms with van der Waals surface area (Å²) in [6.07, 6.45) is 0.344. The fraction of sp³-hybridized carbons (Fsp3) is 0.357. The maximum absolute atomic E-state index is 11.8. The highest BCUT2D eigenvalue weighted by Crippen LogP contribution is 2.14. The van der Waals surface area contributed by atoms with Crippen molar-refractivity contribution in [3.8, 4) is 0 Å². The largest absolute Gasteiger partial charge is 0.481 e. The first kappa shape index (κ1) is 17.0. The SMILES string of the molecule is CCC(CC(=O)O)NC(=O)CNC(=O)c1ccccc1Cl. The zero-order valence-corrected chi connectivity index (χ0v) is 12.3.